The van der Waals surface area contributed by atoms with Crippen molar-refractivity contribution in [3.63, 3.8) is 0 Å². The van der Waals surface area contributed by atoms with Crippen LogP contribution in [-0.2, 0) is 4.79 Å². The van der Waals surface area contributed by atoms with Gasteiger partial charge in [-0.25, -0.2) is 9.97 Å². The highest BCUT2D eigenvalue weighted by atomic mass is 35.5. The van der Waals surface area contributed by atoms with Gasteiger partial charge in [0.25, 0.3) is 0 Å². The number of hydrogen-bond acceptors (Lipinski definition) is 4. The lowest BCUT2D eigenvalue weighted by Crippen LogP contribution is -2.15. The molecular formula is C17H17ClN4OS. The highest BCUT2D eigenvalue weighted by Crippen LogP contribution is 2.28. The van der Waals surface area contributed by atoms with E-state index in [4.69, 9.17) is 11.6 Å². The van der Waals surface area contributed by atoms with Crippen LogP contribution < -0.4 is 5.32 Å². The minimum absolute atomic E-state index is 0.141. The summed E-state index contributed by atoms with van der Waals surface area (Å²) in [7, 11) is 0. The molecule has 0 unspecified atom stereocenters. The monoisotopic (exact) mass is 360 g/mol. The van der Waals surface area contributed by atoms with Gasteiger partial charge in [0.05, 0.1) is 22.5 Å². The van der Waals surface area contributed by atoms with Crippen molar-refractivity contribution in [2.24, 2.45) is 0 Å². The number of anilines is 1. The maximum absolute atomic E-state index is 12.2. The summed E-state index contributed by atoms with van der Waals surface area (Å²) in [5.41, 5.74) is 2.53. The van der Waals surface area contributed by atoms with Crippen molar-refractivity contribution in [1.29, 1.82) is 0 Å². The normalized spacial score (nSPS) is 11.2. The third-order valence-corrected chi connectivity index (χ3v) is 4.70. The Morgan fingerprint density at radius 2 is 2.08 bits per heavy atom. The van der Waals surface area contributed by atoms with E-state index in [0.717, 1.165) is 16.2 Å². The number of halogens is 1. The predicted octanol–water partition coefficient (Wildman–Crippen LogP) is 4.40. The van der Waals surface area contributed by atoms with Crippen LogP contribution in [0.3, 0.4) is 0 Å². The zero-order chi connectivity index (χ0) is 17.1. The molecule has 1 amide bonds. The number of rotatable bonds is 5. The molecule has 0 fully saturated rings. The molecule has 1 N–H and O–H groups in total. The number of amides is 1. The number of para-hydroxylation sites is 2. The van der Waals surface area contributed by atoms with E-state index in [1.165, 1.54) is 11.8 Å². The molecule has 0 spiro atoms. The van der Waals surface area contributed by atoms with Gasteiger partial charge in [0.1, 0.15) is 0 Å². The van der Waals surface area contributed by atoms with Crippen molar-refractivity contribution < 1.29 is 4.79 Å². The second-order valence-corrected chi connectivity index (χ2v) is 6.83. The first-order chi connectivity index (χ1) is 11.6. The Morgan fingerprint density at radius 1 is 1.29 bits per heavy atom. The first-order valence-corrected chi connectivity index (χ1v) is 8.92. The molecule has 7 heteroatoms. The number of nitrogens with zero attached hydrogens (tertiary/aromatic N) is 3. The van der Waals surface area contributed by atoms with Crippen LogP contribution >= 0.6 is 23.4 Å². The van der Waals surface area contributed by atoms with E-state index in [1.54, 1.807) is 18.3 Å². The van der Waals surface area contributed by atoms with Crippen molar-refractivity contribution in [2.75, 3.05) is 11.1 Å². The van der Waals surface area contributed by atoms with Crippen LogP contribution in [0.1, 0.15) is 19.9 Å². The van der Waals surface area contributed by atoms with Crippen molar-refractivity contribution in [3.05, 3.63) is 47.7 Å². The number of thioether (sulfide) groups is 1. The molecule has 0 aliphatic heterocycles. The molecule has 0 atom stereocenters. The van der Waals surface area contributed by atoms with E-state index in [2.05, 4.69) is 33.7 Å². The summed E-state index contributed by atoms with van der Waals surface area (Å²) in [6.45, 7) is 4.21. The fourth-order valence-corrected chi connectivity index (χ4v) is 3.53. The number of hydrogen-bond donors (Lipinski definition) is 1. The Hall–Kier alpha value is -2.05. The Labute approximate surface area is 149 Å². The van der Waals surface area contributed by atoms with Gasteiger partial charge in [-0.15, -0.1) is 0 Å². The second-order valence-electron chi connectivity index (χ2n) is 5.53. The molecule has 0 saturated heterocycles. The Kier molecular flexibility index (Phi) is 5.06. The fourth-order valence-electron chi connectivity index (χ4n) is 2.42. The lowest BCUT2D eigenvalue weighted by atomic mass is 10.3. The molecule has 2 aromatic heterocycles. The van der Waals surface area contributed by atoms with E-state index < -0.39 is 0 Å². The topological polar surface area (TPSA) is 59.8 Å². The average molecular weight is 361 g/mol. The molecule has 3 rings (SSSR count). The van der Waals surface area contributed by atoms with Gasteiger partial charge in [-0.3, -0.25) is 4.79 Å². The average Bonchev–Trinajstić information content (AvgIpc) is 2.93. The number of pyridine rings is 1. The Balaban J connectivity index is 1.75. The minimum atomic E-state index is -0.141. The van der Waals surface area contributed by atoms with Crippen LogP contribution in [0, 0.1) is 0 Å². The lowest BCUT2D eigenvalue weighted by molar-refractivity contribution is -0.113. The quantitative estimate of drug-likeness (QED) is 0.541. The lowest BCUT2D eigenvalue weighted by Gasteiger charge is -2.12. The summed E-state index contributed by atoms with van der Waals surface area (Å²) in [5, 5.41) is 3.89. The molecule has 0 aliphatic rings. The third kappa shape index (κ3) is 3.55. The van der Waals surface area contributed by atoms with Gasteiger partial charge in [0, 0.05) is 12.2 Å². The van der Waals surface area contributed by atoms with E-state index in [-0.39, 0.29) is 22.9 Å². The number of aromatic nitrogens is 3. The van der Waals surface area contributed by atoms with Crippen molar-refractivity contribution in [2.45, 2.75) is 25.0 Å². The number of carbonyl (C=O) groups is 1. The van der Waals surface area contributed by atoms with Gasteiger partial charge in [-0.2, -0.15) is 0 Å². The van der Waals surface area contributed by atoms with Gasteiger partial charge < -0.3 is 9.88 Å². The van der Waals surface area contributed by atoms with Gasteiger partial charge in [0.2, 0.25) is 5.91 Å². The summed E-state index contributed by atoms with van der Waals surface area (Å²) in [6, 6.07) is 11.7. The van der Waals surface area contributed by atoms with E-state index in [9.17, 15) is 4.79 Å². The molecule has 0 aliphatic carbocycles. The first kappa shape index (κ1) is 16.8. The molecule has 124 valence electrons. The highest BCUT2D eigenvalue weighted by molar-refractivity contribution is 7.99. The summed E-state index contributed by atoms with van der Waals surface area (Å²) >= 11 is 7.37. The molecule has 1 aromatic carbocycles. The van der Waals surface area contributed by atoms with Crippen LogP contribution in [0.25, 0.3) is 11.0 Å². The second kappa shape index (κ2) is 7.23. The summed E-state index contributed by atoms with van der Waals surface area (Å²) in [4.78, 5) is 20.8. The standard InChI is InChI=1S/C17H17ClN4OS/c1-11(2)22-14-8-4-3-6-12(14)21-17(22)24-10-15(23)20-13-7-5-9-19-16(13)18/h3-9,11H,10H2,1-2H3,(H,20,23). The molecule has 24 heavy (non-hydrogen) atoms. The maximum atomic E-state index is 12.2. The maximum Gasteiger partial charge on any atom is 0.234 e. The third-order valence-electron chi connectivity index (χ3n) is 3.45. The number of carbonyl (C=O) groups excluding carboxylic acids is 1. The van der Waals surface area contributed by atoms with Gasteiger partial charge >= 0.3 is 0 Å². The number of imidazole rings is 1. The molecule has 2 heterocycles. The number of benzene rings is 1. The van der Waals surface area contributed by atoms with Crippen LogP contribution in [0.4, 0.5) is 5.69 Å². The van der Waals surface area contributed by atoms with Crippen LogP contribution in [0.2, 0.25) is 5.15 Å². The Morgan fingerprint density at radius 3 is 2.83 bits per heavy atom. The van der Waals surface area contributed by atoms with Gasteiger partial charge in [-0.05, 0) is 38.1 Å². The summed E-state index contributed by atoms with van der Waals surface area (Å²) in [5.74, 6) is 0.110. The number of nitrogens with one attached hydrogen (secondary N) is 1. The summed E-state index contributed by atoms with van der Waals surface area (Å²) < 4.78 is 2.14. The zero-order valence-corrected chi connectivity index (χ0v) is 14.9. The first-order valence-electron chi connectivity index (χ1n) is 7.56. The smallest absolute Gasteiger partial charge is 0.234 e. The van der Waals surface area contributed by atoms with Crippen molar-refractivity contribution in [1.82, 2.24) is 14.5 Å². The van der Waals surface area contributed by atoms with E-state index >= 15 is 0 Å². The van der Waals surface area contributed by atoms with Crippen LogP contribution in [-0.4, -0.2) is 26.2 Å². The van der Waals surface area contributed by atoms with Crippen molar-refractivity contribution in [3.8, 4) is 0 Å². The largest absolute Gasteiger partial charge is 0.323 e. The van der Waals surface area contributed by atoms with E-state index in [1.807, 2.05) is 24.3 Å². The molecule has 3 aromatic rings. The molecule has 0 radical (unpaired) electrons. The van der Waals surface area contributed by atoms with Crippen molar-refractivity contribution >= 4 is 46.0 Å². The van der Waals surface area contributed by atoms with Gasteiger partial charge in [-0.1, -0.05) is 35.5 Å². The predicted molar refractivity (Wildman–Crippen MR) is 98.7 cm³/mol. The Bertz CT molecular complexity index is 878. The molecule has 0 saturated carbocycles. The number of fused-ring (bicyclic) bond motifs is 1. The fraction of sp³-hybridized carbons (Fsp3) is 0.235. The van der Waals surface area contributed by atoms with E-state index in [0.29, 0.717) is 5.69 Å². The molecular weight excluding hydrogens is 344 g/mol. The van der Waals surface area contributed by atoms with Crippen LogP contribution in [0.15, 0.2) is 47.8 Å². The molecule has 5 nitrogen and oxygen atoms in total. The molecule has 0 bridgehead atoms. The van der Waals surface area contributed by atoms with Crippen LogP contribution in [0.5, 0.6) is 0 Å². The minimum Gasteiger partial charge on any atom is -0.323 e. The summed E-state index contributed by atoms with van der Waals surface area (Å²) in [6.07, 6.45) is 1.58. The zero-order valence-electron chi connectivity index (χ0n) is 13.4. The SMILES string of the molecule is CC(C)n1c(SCC(=O)Nc2cccnc2Cl)nc2ccccc21. The van der Waals surface area contributed by atoms with Gasteiger partial charge in [0.15, 0.2) is 10.3 Å². The highest BCUT2D eigenvalue weighted by Gasteiger charge is 2.15.